The van der Waals surface area contributed by atoms with Crippen LogP contribution in [-0.4, -0.2) is 44.6 Å². The van der Waals surface area contributed by atoms with Crippen LogP contribution in [0, 0.1) is 0 Å². The zero-order valence-electron chi connectivity index (χ0n) is 11.8. The number of methoxy groups -OCH3 is 1. The van der Waals surface area contributed by atoms with E-state index < -0.39 is 0 Å². The zero-order valence-corrected chi connectivity index (χ0v) is 12.6. The Morgan fingerprint density at radius 1 is 1.50 bits per heavy atom. The van der Waals surface area contributed by atoms with Crippen molar-refractivity contribution in [1.82, 2.24) is 5.32 Å². The normalized spacial score (nSPS) is 18.1. The van der Waals surface area contributed by atoms with Crippen LogP contribution in [0.5, 0.6) is 0 Å². The molecule has 0 saturated carbocycles. The molecule has 0 spiro atoms. The van der Waals surface area contributed by atoms with Gasteiger partial charge >= 0.3 is 0 Å². The van der Waals surface area contributed by atoms with Gasteiger partial charge in [-0.2, -0.15) is 0 Å². The number of nitrogens with one attached hydrogen (secondary N) is 1. The molecule has 1 saturated heterocycles. The second kappa shape index (κ2) is 8.29. The average molecular weight is 295 g/mol. The van der Waals surface area contributed by atoms with Crippen molar-refractivity contribution in [2.45, 2.75) is 23.8 Å². The fourth-order valence-corrected chi connectivity index (χ4v) is 3.08. The van der Waals surface area contributed by atoms with Gasteiger partial charge in [-0.05, 0) is 25.0 Å². The van der Waals surface area contributed by atoms with E-state index in [1.807, 2.05) is 24.3 Å². The third-order valence-corrected chi connectivity index (χ3v) is 4.23. The summed E-state index contributed by atoms with van der Waals surface area (Å²) in [5.41, 5.74) is 0.728. The summed E-state index contributed by atoms with van der Waals surface area (Å²) < 4.78 is 10.6. The molecule has 20 heavy (non-hydrogen) atoms. The Kier molecular flexibility index (Phi) is 6.36. The average Bonchev–Trinajstić information content (AvgIpc) is 2.99. The van der Waals surface area contributed by atoms with Gasteiger partial charge in [-0.25, -0.2) is 0 Å². The molecule has 1 heterocycles. The Bertz CT molecular complexity index is 433. The summed E-state index contributed by atoms with van der Waals surface area (Å²) in [6, 6.07) is 7.68. The van der Waals surface area contributed by atoms with Crippen molar-refractivity contribution in [2.24, 2.45) is 0 Å². The lowest BCUT2D eigenvalue weighted by molar-refractivity contribution is 0.0855. The van der Waals surface area contributed by atoms with Gasteiger partial charge in [0.05, 0.1) is 18.3 Å². The first-order valence-electron chi connectivity index (χ1n) is 6.92. The first-order valence-corrected chi connectivity index (χ1v) is 7.90. The molecule has 1 atom stereocenters. The Balaban J connectivity index is 1.90. The summed E-state index contributed by atoms with van der Waals surface area (Å²) in [5, 5.41) is 2.96. The Labute approximate surface area is 124 Å². The van der Waals surface area contributed by atoms with E-state index in [0.717, 1.165) is 35.7 Å². The summed E-state index contributed by atoms with van der Waals surface area (Å²) in [6.07, 6.45) is 2.29. The Hall–Kier alpha value is -1.04. The van der Waals surface area contributed by atoms with E-state index in [0.29, 0.717) is 13.2 Å². The molecule has 0 radical (unpaired) electrons. The van der Waals surface area contributed by atoms with Gasteiger partial charge in [0.1, 0.15) is 0 Å². The van der Waals surface area contributed by atoms with Crippen LogP contribution in [-0.2, 0) is 9.47 Å². The molecule has 1 N–H and O–H groups in total. The van der Waals surface area contributed by atoms with Crippen LogP contribution in [0.4, 0.5) is 0 Å². The Morgan fingerprint density at radius 2 is 2.35 bits per heavy atom. The first kappa shape index (κ1) is 15.4. The molecule has 1 fully saturated rings. The molecule has 1 aromatic rings. The fourth-order valence-electron chi connectivity index (χ4n) is 2.12. The van der Waals surface area contributed by atoms with Gasteiger partial charge in [0.2, 0.25) is 0 Å². The van der Waals surface area contributed by atoms with E-state index in [2.05, 4.69) is 5.32 Å². The quantitative estimate of drug-likeness (QED) is 0.619. The predicted octanol–water partition coefficient (Wildman–Crippen LogP) is 2.33. The van der Waals surface area contributed by atoms with Crippen LogP contribution in [0.3, 0.4) is 0 Å². The smallest absolute Gasteiger partial charge is 0.252 e. The second-order valence-corrected chi connectivity index (χ2v) is 5.82. The number of ether oxygens (including phenoxy) is 2. The van der Waals surface area contributed by atoms with E-state index in [1.165, 1.54) is 0 Å². The monoisotopic (exact) mass is 295 g/mol. The molecule has 1 aliphatic rings. The molecule has 4 nitrogen and oxygen atoms in total. The van der Waals surface area contributed by atoms with E-state index >= 15 is 0 Å². The lowest BCUT2D eigenvalue weighted by Gasteiger charge is -2.12. The molecule has 2 rings (SSSR count). The summed E-state index contributed by atoms with van der Waals surface area (Å²) in [7, 11) is 1.68. The van der Waals surface area contributed by atoms with Gasteiger partial charge in [-0.3, -0.25) is 4.79 Å². The van der Waals surface area contributed by atoms with Gasteiger partial charge < -0.3 is 14.8 Å². The predicted molar refractivity (Wildman–Crippen MR) is 80.3 cm³/mol. The summed E-state index contributed by atoms with van der Waals surface area (Å²) in [5.74, 6) is 0.813. The molecule has 0 unspecified atom stereocenters. The highest BCUT2D eigenvalue weighted by molar-refractivity contribution is 7.99. The summed E-state index contributed by atoms with van der Waals surface area (Å²) >= 11 is 1.64. The van der Waals surface area contributed by atoms with Gasteiger partial charge in [0.25, 0.3) is 5.91 Å². The van der Waals surface area contributed by atoms with Crippen molar-refractivity contribution >= 4 is 17.7 Å². The minimum Gasteiger partial charge on any atom is -0.384 e. The third kappa shape index (κ3) is 4.51. The SMILES string of the molecule is COCCSc1ccccc1C(=O)NC[C@H]1CCCO1. The van der Waals surface area contributed by atoms with E-state index in [4.69, 9.17) is 9.47 Å². The minimum atomic E-state index is -0.0268. The maximum absolute atomic E-state index is 12.2. The zero-order chi connectivity index (χ0) is 14.2. The van der Waals surface area contributed by atoms with Crippen LogP contribution >= 0.6 is 11.8 Å². The molecule has 1 aromatic carbocycles. The van der Waals surface area contributed by atoms with Crippen LogP contribution in [0.25, 0.3) is 0 Å². The Morgan fingerprint density at radius 3 is 3.10 bits per heavy atom. The van der Waals surface area contributed by atoms with Gasteiger partial charge in [0.15, 0.2) is 0 Å². The highest BCUT2D eigenvalue weighted by atomic mass is 32.2. The molecular formula is C15H21NO3S. The maximum Gasteiger partial charge on any atom is 0.252 e. The van der Waals surface area contributed by atoms with Gasteiger partial charge in [-0.15, -0.1) is 11.8 Å². The lowest BCUT2D eigenvalue weighted by Crippen LogP contribution is -2.32. The molecule has 110 valence electrons. The molecule has 0 aliphatic carbocycles. The number of rotatable bonds is 7. The number of carbonyl (C=O) groups excluding carboxylic acids is 1. The summed E-state index contributed by atoms with van der Waals surface area (Å²) in [6.45, 7) is 2.08. The maximum atomic E-state index is 12.2. The van der Waals surface area contributed by atoms with E-state index in [9.17, 15) is 4.79 Å². The minimum absolute atomic E-state index is 0.0268. The van der Waals surface area contributed by atoms with Crippen molar-refractivity contribution in [3.05, 3.63) is 29.8 Å². The second-order valence-electron chi connectivity index (χ2n) is 4.68. The van der Waals surface area contributed by atoms with Crippen molar-refractivity contribution in [3.63, 3.8) is 0 Å². The molecule has 1 amide bonds. The number of amides is 1. The van der Waals surface area contributed by atoms with E-state index in [-0.39, 0.29) is 12.0 Å². The molecule has 1 aliphatic heterocycles. The number of hydrogen-bond donors (Lipinski definition) is 1. The first-order chi connectivity index (χ1) is 9.81. The molecule has 0 bridgehead atoms. The number of carbonyl (C=O) groups is 1. The highest BCUT2D eigenvalue weighted by Gasteiger charge is 2.17. The lowest BCUT2D eigenvalue weighted by atomic mass is 10.2. The number of thioether (sulfide) groups is 1. The third-order valence-electron chi connectivity index (χ3n) is 3.19. The van der Waals surface area contributed by atoms with Crippen molar-refractivity contribution in [2.75, 3.05) is 32.6 Å². The molecule has 5 heteroatoms. The van der Waals surface area contributed by atoms with Crippen molar-refractivity contribution < 1.29 is 14.3 Å². The van der Waals surface area contributed by atoms with Gasteiger partial charge in [-0.1, -0.05) is 12.1 Å². The standard InChI is InChI=1S/C15H21NO3S/c1-18-9-10-20-14-7-3-2-6-13(14)15(17)16-11-12-5-4-8-19-12/h2-3,6-7,12H,4-5,8-11H2,1H3,(H,16,17)/t12-/m1/s1. The van der Waals surface area contributed by atoms with Crippen LogP contribution in [0.15, 0.2) is 29.2 Å². The molecular weight excluding hydrogens is 274 g/mol. The largest absolute Gasteiger partial charge is 0.384 e. The summed E-state index contributed by atoms with van der Waals surface area (Å²) in [4.78, 5) is 13.2. The van der Waals surface area contributed by atoms with Crippen LogP contribution in [0.2, 0.25) is 0 Å². The number of benzene rings is 1. The van der Waals surface area contributed by atoms with Crippen LogP contribution < -0.4 is 5.32 Å². The molecule has 0 aromatic heterocycles. The van der Waals surface area contributed by atoms with Crippen LogP contribution in [0.1, 0.15) is 23.2 Å². The van der Waals surface area contributed by atoms with Gasteiger partial charge in [0, 0.05) is 30.9 Å². The number of hydrogen-bond acceptors (Lipinski definition) is 4. The topological polar surface area (TPSA) is 47.6 Å². The van der Waals surface area contributed by atoms with Crippen molar-refractivity contribution in [1.29, 1.82) is 0 Å². The highest BCUT2D eigenvalue weighted by Crippen LogP contribution is 2.22. The van der Waals surface area contributed by atoms with Crippen molar-refractivity contribution in [3.8, 4) is 0 Å². The van der Waals surface area contributed by atoms with E-state index in [1.54, 1.807) is 18.9 Å². The fraction of sp³-hybridized carbons (Fsp3) is 0.533.